The Kier molecular flexibility index (Phi) is 8.18. The molecule has 0 radical (unpaired) electrons. The number of nitrogens with zero attached hydrogens (tertiary/aromatic N) is 6. The van der Waals surface area contributed by atoms with E-state index in [1.807, 2.05) is 13.8 Å². The van der Waals surface area contributed by atoms with Gasteiger partial charge in [-0.3, -0.25) is 9.69 Å². The number of alkyl halides is 3. The minimum atomic E-state index is -4.78. The summed E-state index contributed by atoms with van der Waals surface area (Å²) in [5.74, 6) is -0.121. The van der Waals surface area contributed by atoms with Crippen LogP contribution >= 0.6 is 11.8 Å². The van der Waals surface area contributed by atoms with Crippen LogP contribution in [-0.4, -0.2) is 44.0 Å². The summed E-state index contributed by atoms with van der Waals surface area (Å²) in [5, 5.41) is 16.6. The van der Waals surface area contributed by atoms with E-state index in [2.05, 4.69) is 31.2 Å². The highest BCUT2D eigenvalue weighted by molar-refractivity contribution is 8.15. The predicted octanol–water partition coefficient (Wildman–Crippen LogP) is 6.50. The van der Waals surface area contributed by atoms with E-state index >= 15 is 0 Å². The molecule has 0 saturated carbocycles. The van der Waals surface area contributed by atoms with Crippen LogP contribution in [0.3, 0.4) is 0 Å². The van der Waals surface area contributed by atoms with Gasteiger partial charge in [0.25, 0.3) is 0 Å². The number of halogens is 3. The maximum atomic E-state index is 12.8. The Morgan fingerprint density at radius 3 is 2.49 bits per heavy atom. The molecular formula is C29H22F3N7O3S. The lowest BCUT2D eigenvalue weighted by Crippen LogP contribution is -2.31. The van der Waals surface area contributed by atoms with E-state index < -0.39 is 12.4 Å². The normalized spacial score (nSPS) is 14.3. The van der Waals surface area contributed by atoms with Crippen molar-refractivity contribution in [3.05, 3.63) is 84.2 Å². The number of anilines is 2. The quantitative estimate of drug-likeness (QED) is 0.266. The molecule has 14 heteroatoms. The summed E-state index contributed by atoms with van der Waals surface area (Å²) in [5.41, 5.74) is 3.31. The van der Waals surface area contributed by atoms with Crippen LogP contribution in [0.25, 0.3) is 17.1 Å². The van der Waals surface area contributed by atoms with Gasteiger partial charge in [0.1, 0.15) is 12.1 Å². The SMILES string of the molecule is CC(C)c1ccc(C#N)cc1N1C(=O)CS/C1=N\C(=O)Nc1ccc(-n2cnc(-c3ccc(OC(F)(F)F)cc3)n2)cc1. The fourth-order valence-corrected chi connectivity index (χ4v) is 5.10. The monoisotopic (exact) mass is 605 g/mol. The van der Waals surface area contributed by atoms with Crippen LogP contribution in [0, 0.1) is 11.3 Å². The third-order valence-electron chi connectivity index (χ3n) is 6.21. The van der Waals surface area contributed by atoms with Crippen LogP contribution in [0.4, 0.5) is 29.3 Å². The highest BCUT2D eigenvalue weighted by Crippen LogP contribution is 2.34. The minimum Gasteiger partial charge on any atom is -0.406 e. The van der Waals surface area contributed by atoms with Gasteiger partial charge in [0.2, 0.25) is 5.91 Å². The first-order chi connectivity index (χ1) is 20.5. The standard InChI is InChI=1S/C29H22F3N7O3S/c1-17(2)23-12-3-18(14-33)13-24(23)39-25(40)15-43-28(39)36-27(41)35-20-6-8-21(9-7-20)38-16-34-26(37-38)19-4-10-22(11-5-19)42-29(30,31)32/h3-13,16-17H,15H2,1-2H3,(H,35,41)/b36-28-. The summed E-state index contributed by atoms with van der Waals surface area (Å²) in [7, 11) is 0. The van der Waals surface area contributed by atoms with E-state index in [1.165, 1.54) is 40.2 Å². The Morgan fingerprint density at radius 1 is 1.12 bits per heavy atom. The molecule has 0 aliphatic carbocycles. The van der Waals surface area contributed by atoms with Crippen LogP contribution in [0.1, 0.15) is 30.9 Å². The molecule has 10 nitrogen and oxygen atoms in total. The molecule has 3 amide bonds. The molecule has 1 N–H and O–H groups in total. The zero-order chi connectivity index (χ0) is 30.7. The number of thioether (sulfide) groups is 1. The van der Waals surface area contributed by atoms with Crippen molar-refractivity contribution in [1.82, 2.24) is 14.8 Å². The number of carbonyl (C=O) groups is 2. The number of carbonyl (C=O) groups excluding carboxylic acids is 2. The molecule has 218 valence electrons. The number of benzene rings is 3. The van der Waals surface area contributed by atoms with Gasteiger partial charge in [0, 0.05) is 11.3 Å². The number of aromatic nitrogens is 3. The number of nitriles is 1. The van der Waals surface area contributed by atoms with Crippen molar-refractivity contribution >= 4 is 40.2 Å². The number of hydrogen-bond donors (Lipinski definition) is 1. The van der Waals surface area contributed by atoms with Gasteiger partial charge < -0.3 is 10.1 Å². The predicted molar refractivity (Wildman–Crippen MR) is 155 cm³/mol. The van der Waals surface area contributed by atoms with Gasteiger partial charge in [-0.25, -0.2) is 14.5 Å². The number of ether oxygens (including phenoxy) is 1. The first-order valence-electron chi connectivity index (χ1n) is 12.8. The van der Waals surface area contributed by atoms with Gasteiger partial charge in [0.05, 0.1) is 28.8 Å². The molecule has 4 aromatic rings. The highest BCUT2D eigenvalue weighted by atomic mass is 32.2. The van der Waals surface area contributed by atoms with E-state index in [9.17, 15) is 28.0 Å². The zero-order valence-corrected chi connectivity index (χ0v) is 23.5. The number of amides is 3. The fourth-order valence-electron chi connectivity index (χ4n) is 4.24. The van der Waals surface area contributed by atoms with Gasteiger partial charge in [-0.1, -0.05) is 31.7 Å². The molecule has 1 fully saturated rings. The number of aliphatic imine (C=N–C) groups is 1. The summed E-state index contributed by atoms with van der Waals surface area (Å²) in [6, 6.07) is 18.3. The number of rotatable bonds is 6. The second kappa shape index (κ2) is 12.0. The van der Waals surface area contributed by atoms with Crippen LogP contribution in [0.15, 0.2) is 78.0 Å². The number of urea groups is 1. The van der Waals surface area contributed by atoms with E-state index in [1.54, 1.807) is 42.5 Å². The molecule has 1 aromatic heterocycles. The van der Waals surface area contributed by atoms with Crippen molar-refractivity contribution in [2.75, 3.05) is 16.0 Å². The molecule has 1 aliphatic rings. The summed E-state index contributed by atoms with van der Waals surface area (Å²) in [6.07, 6.45) is -3.33. The van der Waals surface area contributed by atoms with E-state index in [4.69, 9.17) is 0 Å². The lowest BCUT2D eigenvalue weighted by molar-refractivity contribution is -0.274. The molecule has 1 saturated heterocycles. The summed E-state index contributed by atoms with van der Waals surface area (Å²) in [6.45, 7) is 3.94. The van der Waals surface area contributed by atoms with Crippen molar-refractivity contribution in [2.24, 2.45) is 4.99 Å². The number of amidine groups is 1. The van der Waals surface area contributed by atoms with E-state index in [-0.39, 0.29) is 28.5 Å². The fraction of sp³-hybridized carbons (Fsp3) is 0.172. The summed E-state index contributed by atoms with van der Waals surface area (Å²) >= 11 is 1.14. The second-order valence-electron chi connectivity index (χ2n) is 9.51. The van der Waals surface area contributed by atoms with E-state index in [0.717, 1.165) is 17.3 Å². The Morgan fingerprint density at radius 2 is 1.84 bits per heavy atom. The van der Waals surface area contributed by atoms with Crippen LogP contribution in [0.2, 0.25) is 0 Å². The van der Waals surface area contributed by atoms with Crippen LogP contribution in [0.5, 0.6) is 5.75 Å². The molecular weight excluding hydrogens is 583 g/mol. The smallest absolute Gasteiger partial charge is 0.406 e. The molecule has 0 bridgehead atoms. The third-order valence-corrected chi connectivity index (χ3v) is 7.13. The number of nitrogens with one attached hydrogen (secondary N) is 1. The Labute approximate surface area is 247 Å². The highest BCUT2D eigenvalue weighted by Gasteiger charge is 2.33. The van der Waals surface area contributed by atoms with Gasteiger partial charge in [-0.2, -0.15) is 10.3 Å². The van der Waals surface area contributed by atoms with Gasteiger partial charge in [0.15, 0.2) is 11.0 Å². The van der Waals surface area contributed by atoms with Crippen LogP contribution in [-0.2, 0) is 4.79 Å². The van der Waals surface area contributed by atoms with Crippen molar-refractivity contribution in [1.29, 1.82) is 5.26 Å². The Balaban J connectivity index is 1.28. The summed E-state index contributed by atoms with van der Waals surface area (Å²) in [4.78, 5) is 35.3. The van der Waals surface area contributed by atoms with Crippen molar-refractivity contribution in [3.8, 4) is 28.9 Å². The number of hydrogen-bond acceptors (Lipinski definition) is 7. The van der Waals surface area contributed by atoms with Gasteiger partial charge in [-0.05, 0) is 72.1 Å². The lowest BCUT2D eigenvalue weighted by Gasteiger charge is -2.21. The lowest BCUT2D eigenvalue weighted by atomic mass is 9.98. The average molecular weight is 606 g/mol. The first kappa shape index (κ1) is 29.3. The maximum Gasteiger partial charge on any atom is 0.573 e. The van der Waals surface area contributed by atoms with Crippen molar-refractivity contribution in [3.63, 3.8) is 0 Å². The first-order valence-corrected chi connectivity index (χ1v) is 13.8. The molecule has 3 aromatic carbocycles. The molecule has 0 unspecified atom stereocenters. The Bertz CT molecular complexity index is 1740. The maximum absolute atomic E-state index is 12.8. The van der Waals surface area contributed by atoms with Gasteiger partial charge in [-0.15, -0.1) is 18.3 Å². The summed E-state index contributed by atoms with van der Waals surface area (Å²) < 4.78 is 42.5. The topological polar surface area (TPSA) is 126 Å². The van der Waals surface area contributed by atoms with E-state index in [0.29, 0.717) is 34.0 Å². The third kappa shape index (κ3) is 6.84. The van der Waals surface area contributed by atoms with Crippen LogP contribution < -0.4 is 15.0 Å². The molecule has 5 rings (SSSR count). The molecule has 2 heterocycles. The van der Waals surface area contributed by atoms with Crippen molar-refractivity contribution in [2.45, 2.75) is 26.1 Å². The largest absolute Gasteiger partial charge is 0.573 e. The Hall–Kier alpha value is -5.16. The van der Waals surface area contributed by atoms with Gasteiger partial charge >= 0.3 is 12.4 Å². The molecule has 0 spiro atoms. The molecule has 0 atom stereocenters. The molecule has 1 aliphatic heterocycles. The molecule has 43 heavy (non-hydrogen) atoms. The average Bonchev–Trinajstić information content (AvgIpc) is 3.59. The van der Waals surface area contributed by atoms with Crippen molar-refractivity contribution < 1.29 is 27.5 Å². The zero-order valence-electron chi connectivity index (χ0n) is 22.7. The second-order valence-corrected chi connectivity index (χ2v) is 10.5. The minimum absolute atomic E-state index is 0.0641.